The normalized spacial score (nSPS) is 17.0. The molecule has 1 aliphatic heterocycles. The van der Waals surface area contributed by atoms with Crippen molar-refractivity contribution in [2.24, 2.45) is 11.7 Å². The Labute approximate surface area is 244 Å². The molecule has 0 bridgehead atoms. The number of rotatable bonds is 12. The quantitative estimate of drug-likeness (QED) is 0.243. The lowest BCUT2D eigenvalue weighted by Crippen LogP contribution is -2.48. The topological polar surface area (TPSA) is 75.8 Å². The van der Waals surface area contributed by atoms with E-state index in [9.17, 15) is 9.90 Å². The molecule has 4 rings (SSSR count). The fourth-order valence-electron chi connectivity index (χ4n) is 6.04. The number of hydrogen-bond donors (Lipinski definition) is 2. The molecule has 1 saturated heterocycles. The van der Waals surface area contributed by atoms with Crippen LogP contribution in [-0.4, -0.2) is 49.3 Å². The van der Waals surface area contributed by atoms with Gasteiger partial charge in [-0.05, 0) is 91.9 Å². The summed E-state index contributed by atoms with van der Waals surface area (Å²) in [7, 11) is 1.70. The SMILES string of the molecule is CCc1cccc(-c2c(Cl)cccc2C(O)(CCCCOC)C2CCCN(C(=O)c3ccc(CCN)cc3)C2)c1. The van der Waals surface area contributed by atoms with Gasteiger partial charge in [-0.15, -0.1) is 0 Å². The molecular formula is C34H43ClN2O3. The lowest BCUT2D eigenvalue weighted by Gasteiger charge is -2.44. The van der Waals surface area contributed by atoms with Crippen molar-refractivity contribution in [1.29, 1.82) is 0 Å². The highest BCUT2D eigenvalue weighted by atomic mass is 35.5. The van der Waals surface area contributed by atoms with Crippen molar-refractivity contribution in [3.05, 3.63) is 94.0 Å². The predicted octanol–water partition coefficient (Wildman–Crippen LogP) is 6.63. The van der Waals surface area contributed by atoms with E-state index < -0.39 is 5.60 Å². The van der Waals surface area contributed by atoms with Crippen LogP contribution in [-0.2, 0) is 23.2 Å². The number of carbonyl (C=O) groups excluding carboxylic acids is 1. The van der Waals surface area contributed by atoms with Gasteiger partial charge in [0.25, 0.3) is 5.91 Å². The summed E-state index contributed by atoms with van der Waals surface area (Å²) in [6, 6.07) is 22.0. The second-order valence-electron chi connectivity index (χ2n) is 10.9. The Bertz CT molecular complexity index is 1260. The zero-order valence-electron chi connectivity index (χ0n) is 23.9. The summed E-state index contributed by atoms with van der Waals surface area (Å²) < 4.78 is 5.30. The van der Waals surface area contributed by atoms with E-state index in [1.807, 2.05) is 47.4 Å². The van der Waals surface area contributed by atoms with E-state index in [1.165, 1.54) is 5.56 Å². The van der Waals surface area contributed by atoms with E-state index in [0.29, 0.717) is 43.2 Å². The first kappa shape index (κ1) is 30.3. The number of amides is 1. The Balaban J connectivity index is 1.69. The Hall–Kier alpha value is -2.70. The monoisotopic (exact) mass is 562 g/mol. The Morgan fingerprint density at radius 3 is 2.60 bits per heavy atom. The third kappa shape index (κ3) is 6.95. The van der Waals surface area contributed by atoms with Crippen LogP contribution in [0.5, 0.6) is 0 Å². The minimum Gasteiger partial charge on any atom is -0.385 e. The largest absolute Gasteiger partial charge is 0.385 e. The molecular weight excluding hydrogens is 520 g/mol. The van der Waals surface area contributed by atoms with Crippen molar-refractivity contribution in [3.63, 3.8) is 0 Å². The molecule has 214 valence electrons. The molecule has 2 unspecified atom stereocenters. The van der Waals surface area contributed by atoms with Gasteiger partial charge in [-0.3, -0.25) is 4.79 Å². The van der Waals surface area contributed by atoms with Gasteiger partial charge < -0.3 is 20.5 Å². The molecule has 5 nitrogen and oxygen atoms in total. The molecule has 1 amide bonds. The highest BCUT2D eigenvalue weighted by molar-refractivity contribution is 6.33. The number of hydrogen-bond acceptors (Lipinski definition) is 4. The number of methoxy groups -OCH3 is 1. The van der Waals surface area contributed by atoms with Crippen LogP contribution in [0.15, 0.2) is 66.7 Å². The Morgan fingerprint density at radius 1 is 1.10 bits per heavy atom. The summed E-state index contributed by atoms with van der Waals surface area (Å²) in [4.78, 5) is 15.5. The van der Waals surface area contributed by atoms with Crippen molar-refractivity contribution < 1.29 is 14.6 Å². The van der Waals surface area contributed by atoms with Crippen LogP contribution in [0.1, 0.15) is 66.1 Å². The summed E-state index contributed by atoms with van der Waals surface area (Å²) in [5, 5.41) is 13.3. The van der Waals surface area contributed by atoms with Gasteiger partial charge in [0.1, 0.15) is 0 Å². The van der Waals surface area contributed by atoms with Crippen LogP contribution in [0.25, 0.3) is 11.1 Å². The number of likely N-dealkylation sites (tertiary alicyclic amines) is 1. The summed E-state index contributed by atoms with van der Waals surface area (Å²) in [5.41, 5.74) is 10.3. The molecule has 1 heterocycles. The molecule has 1 fully saturated rings. The lowest BCUT2D eigenvalue weighted by atomic mass is 9.72. The average Bonchev–Trinajstić information content (AvgIpc) is 2.99. The maximum atomic E-state index is 13.6. The van der Waals surface area contributed by atoms with E-state index in [-0.39, 0.29) is 11.8 Å². The standard InChI is InChI=1S/C34H43ClN2O3/c1-3-25-9-6-10-28(23-25)32-30(12-7-13-31(32)35)34(39,19-4-5-22-40-2)29-11-8-21-37(24-29)33(38)27-16-14-26(15-17-27)18-20-36/h6-7,9-10,12-17,23,29,39H,3-5,8,11,18-22,24,36H2,1-2H3. The van der Waals surface area contributed by atoms with Crippen LogP contribution in [0, 0.1) is 5.92 Å². The number of piperidine rings is 1. The number of nitrogens with two attached hydrogens (primary N) is 1. The van der Waals surface area contributed by atoms with Crippen molar-refractivity contribution in [2.75, 3.05) is 33.4 Å². The molecule has 3 N–H and O–H groups in total. The zero-order valence-corrected chi connectivity index (χ0v) is 24.6. The van der Waals surface area contributed by atoms with E-state index in [2.05, 4.69) is 31.2 Å². The van der Waals surface area contributed by atoms with Crippen molar-refractivity contribution in [1.82, 2.24) is 4.90 Å². The van der Waals surface area contributed by atoms with Crippen molar-refractivity contribution in [3.8, 4) is 11.1 Å². The number of halogens is 1. The van der Waals surface area contributed by atoms with Gasteiger partial charge in [0.05, 0.1) is 5.60 Å². The predicted molar refractivity (Wildman–Crippen MR) is 164 cm³/mol. The number of aliphatic hydroxyl groups is 1. The maximum Gasteiger partial charge on any atom is 0.253 e. The smallest absolute Gasteiger partial charge is 0.253 e. The molecule has 0 spiro atoms. The van der Waals surface area contributed by atoms with E-state index in [4.69, 9.17) is 22.1 Å². The Kier molecular flexibility index (Phi) is 10.8. The van der Waals surface area contributed by atoms with Crippen LogP contribution in [0.4, 0.5) is 0 Å². The van der Waals surface area contributed by atoms with Crippen LogP contribution in [0.2, 0.25) is 5.02 Å². The number of nitrogens with zero attached hydrogens (tertiary/aromatic N) is 1. The highest BCUT2D eigenvalue weighted by Gasteiger charge is 2.43. The maximum absolute atomic E-state index is 13.6. The van der Waals surface area contributed by atoms with Gasteiger partial charge in [-0.2, -0.15) is 0 Å². The first-order valence-corrected chi connectivity index (χ1v) is 15.0. The van der Waals surface area contributed by atoms with Gasteiger partial charge in [0.15, 0.2) is 0 Å². The molecule has 0 aromatic heterocycles. The molecule has 2 atom stereocenters. The van der Waals surface area contributed by atoms with Gasteiger partial charge in [0.2, 0.25) is 0 Å². The fraction of sp³-hybridized carbons (Fsp3) is 0.441. The van der Waals surface area contributed by atoms with Crippen LogP contribution < -0.4 is 5.73 Å². The second-order valence-corrected chi connectivity index (χ2v) is 11.3. The number of carbonyl (C=O) groups is 1. The molecule has 3 aromatic rings. The van der Waals surface area contributed by atoms with Gasteiger partial charge in [-0.25, -0.2) is 0 Å². The number of unbranched alkanes of at least 4 members (excludes halogenated alkanes) is 1. The first-order chi connectivity index (χ1) is 19.4. The van der Waals surface area contributed by atoms with Gasteiger partial charge >= 0.3 is 0 Å². The molecule has 0 saturated carbocycles. The third-order valence-corrected chi connectivity index (χ3v) is 8.59. The fourth-order valence-corrected chi connectivity index (χ4v) is 6.32. The van der Waals surface area contributed by atoms with E-state index >= 15 is 0 Å². The molecule has 0 aliphatic carbocycles. The van der Waals surface area contributed by atoms with E-state index in [1.54, 1.807) is 7.11 Å². The summed E-state index contributed by atoms with van der Waals surface area (Å²) in [6.45, 7) is 4.54. The van der Waals surface area contributed by atoms with E-state index in [0.717, 1.165) is 60.8 Å². The number of aryl methyl sites for hydroxylation is 1. The average molecular weight is 563 g/mol. The van der Waals surface area contributed by atoms with Gasteiger partial charge in [-0.1, -0.05) is 67.1 Å². The highest BCUT2D eigenvalue weighted by Crippen LogP contribution is 2.46. The van der Waals surface area contributed by atoms with Gasteiger partial charge in [0, 0.05) is 48.9 Å². The number of ether oxygens (including phenoxy) is 1. The van der Waals surface area contributed by atoms with Crippen LogP contribution in [0.3, 0.4) is 0 Å². The second kappa shape index (κ2) is 14.3. The molecule has 1 aliphatic rings. The minimum absolute atomic E-state index is 0.00713. The first-order valence-electron chi connectivity index (χ1n) is 14.6. The summed E-state index contributed by atoms with van der Waals surface area (Å²) in [6.07, 6.45) is 5.60. The Morgan fingerprint density at radius 2 is 1.88 bits per heavy atom. The summed E-state index contributed by atoms with van der Waals surface area (Å²) in [5.74, 6) is -0.122. The van der Waals surface area contributed by atoms with Crippen molar-refractivity contribution >= 4 is 17.5 Å². The molecule has 40 heavy (non-hydrogen) atoms. The molecule has 0 radical (unpaired) electrons. The summed E-state index contributed by atoms with van der Waals surface area (Å²) >= 11 is 6.88. The molecule has 3 aromatic carbocycles. The zero-order chi connectivity index (χ0) is 28.5. The third-order valence-electron chi connectivity index (χ3n) is 8.28. The van der Waals surface area contributed by atoms with Crippen LogP contribution >= 0.6 is 11.6 Å². The minimum atomic E-state index is -1.15. The molecule has 6 heteroatoms. The lowest BCUT2D eigenvalue weighted by molar-refractivity contribution is -0.0574. The number of benzene rings is 3. The van der Waals surface area contributed by atoms with Crippen molar-refractivity contribution in [2.45, 2.75) is 57.5 Å².